The molecule has 7 aromatic rings. The summed E-state index contributed by atoms with van der Waals surface area (Å²) in [5.74, 6) is -1.02. The van der Waals surface area contributed by atoms with Gasteiger partial charge in [-0.25, -0.2) is 30.4 Å². The average Bonchev–Trinajstić information content (AvgIpc) is 1.63. The number of nitrogen functional groups attached to an aromatic ring is 1. The van der Waals surface area contributed by atoms with Gasteiger partial charge in [-0.05, 0) is 243 Å². The Hall–Kier alpha value is -5.98. The third-order valence-corrected chi connectivity index (χ3v) is 22.3. The van der Waals surface area contributed by atoms with Crippen LogP contribution in [-0.2, 0) is 66.9 Å². The molecule has 0 unspecified atom stereocenters. The van der Waals surface area contributed by atoms with Crippen LogP contribution < -0.4 is 39.6 Å². The summed E-state index contributed by atoms with van der Waals surface area (Å²) in [5.41, 5.74) is 18.7. The number of likely N-dealkylation sites (tertiary alicyclic amines) is 1. The molecule has 3 N–H and O–H groups in total. The number of nitrogens with zero attached hydrogens (tertiary/aromatic N) is 5. The summed E-state index contributed by atoms with van der Waals surface area (Å²) in [4.78, 5) is 48.5. The minimum atomic E-state index is -4.30. The average molecular weight is 1820 g/mol. The standard InChI is InChI=1S/C24H36FN5O3S.C18H27FO2.C14H18ClFO.C14H19FO2.C12H16BrF.C12H18BrN.Na/c1-16(2)21-10-18(11-22(17(3)4)24(21)25)12-23(31)27-34(32,33)30(20-13-26-29(6)14-20)15-19-8-7-9-28(19)5;1-11(2)14-8-13(9-15(12(3)4)17(14)19)10-16(20)21-18(5,6)7;1-8(2)11-5-10(7-13(15)17)6-12(9(3)4)14(11)16;1-8(2)11-5-10(7-13(16)17)6-12(9(3)4)14(11)15;2*1-7(2)10-5-9(13)6-11(8(3)4)12(10)14;/h10-11,13-14,16-17,19H,7-9,12,15H2,1-6H3,(H,27,31);8-9,11-12H,10H2,1-7H3;5-6,8-9H,7H2,1-4H3;5-6,8-9H,7H2,1-4H3,(H,16,17);5-8H,1-4H3;5-8H,14H2,1-4H3;/q;;;;;;+1/p-1/t19-;;;;;;/m0....../s1. The number of ether oxygens (including phenoxy) is 1. The van der Waals surface area contributed by atoms with Gasteiger partial charge in [0, 0.05) is 53.3 Å². The van der Waals surface area contributed by atoms with Gasteiger partial charge in [-0.2, -0.15) is 5.10 Å². The van der Waals surface area contributed by atoms with Gasteiger partial charge in [-0.1, -0.05) is 247 Å². The molecule has 6 aromatic carbocycles. The molecule has 0 bridgehead atoms. The number of carboxylic acid groups (broad SMARTS) is 1. The van der Waals surface area contributed by atoms with Gasteiger partial charge in [0.2, 0.25) is 5.24 Å². The Bertz CT molecular complexity index is 4270. The molecule has 0 saturated carbocycles. The van der Waals surface area contributed by atoms with Crippen LogP contribution >= 0.6 is 43.5 Å². The summed E-state index contributed by atoms with van der Waals surface area (Å²) in [6.07, 6.45) is 4.95. The van der Waals surface area contributed by atoms with E-state index in [9.17, 15) is 49.5 Å². The van der Waals surface area contributed by atoms with Crippen LogP contribution in [0.25, 0.3) is 4.72 Å². The number of aliphatic carboxylic acids is 1. The molecule has 0 aliphatic carbocycles. The van der Waals surface area contributed by atoms with Gasteiger partial charge in [0.1, 0.15) is 34.7 Å². The van der Waals surface area contributed by atoms with Gasteiger partial charge in [0.25, 0.3) is 0 Å². The van der Waals surface area contributed by atoms with Crippen molar-refractivity contribution < 1.29 is 88.9 Å². The number of carboxylic acids is 1. The Balaban J connectivity index is 0.000000496. The van der Waals surface area contributed by atoms with E-state index in [1.807, 2.05) is 178 Å². The number of benzene rings is 6. The van der Waals surface area contributed by atoms with Crippen molar-refractivity contribution in [2.24, 2.45) is 7.05 Å². The zero-order valence-electron chi connectivity index (χ0n) is 75.8. The molecule has 14 nitrogen and oxygen atoms in total. The van der Waals surface area contributed by atoms with Crippen LogP contribution in [-0.4, -0.2) is 83.1 Å². The number of hydrogen-bond donors (Lipinski definition) is 2. The van der Waals surface area contributed by atoms with E-state index in [1.54, 1.807) is 61.8 Å². The van der Waals surface area contributed by atoms with Crippen molar-refractivity contribution >= 4 is 88.1 Å². The normalized spacial score (nSPS) is 13.0. The Kier molecular flexibility index (Phi) is 44.7. The fraction of sp³-hybridized carbons (Fsp3) is 0.543. The maximum absolute atomic E-state index is 14.9. The summed E-state index contributed by atoms with van der Waals surface area (Å²) in [7, 11) is -0.639. The monoisotopic (exact) mass is 1820 g/mol. The molecule has 8 rings (SSSR count). The number of esters is 1. The van der Waals surface area contributed by atoms with Gasteiger partial charge in [0.05, 0.1) is 30.6 Å². The second-order valence-electron chi connectivity index (χ2n) is 35.3. The molecule has 1 amide bonds. The molecular formula is C94H133Br2ClF5N6NaO8S. The number of amides is 1. The van der Waals surface area contributed by atoms with E-state index in [0.717, 1.165) is 60.6 Å². The third-order valence-electron chi connectivity index (χ3n) is 19.9. The van der Waals surface area contributed by atoms with Gasteiger partial charge in [0.15, 0.2) is 10.2 Å². The van der Waals surface area contributed by atoms with Crippen LogP contribution in [0.2, 0.25) is 0 Å². The van der Waals surface area contributed by atoms with Crippen molar-refractivity contribution in [2.45, 2.75) is 308 Å². The molecule has 1 saturated heterocycles. The Morgan fingerprint density at radius 1 is 0.508 bits per heavy atom. The fourth-order valence-electron chi connectivity index (χ4n) is 13.3. The number of aromatic nitrogens is 2. The molecule has 1 aliphatic heterocycles. The van der Waals surface area contributed by atoms with E-state index in [-0.39, 0.29) is 162 Å². The van der Waals surface area contributed by atoms with Crippen LogP contribution in [0.15, 0.2) is 94.1 Å². The van der Waals surface area contributed by atoms with Crippen LogP contribution in [0.5, 0.6) is 0 Å². The van der Waals surface area contributed by atoms with E-state index < -0.39 is 32.9 Å². The van der Waals surface area contributed by atoms with Gasteiger partial charge >= 0.3 is 41.5 Å². The van der Waals surface area contributed by atoms with E-state index in [1.165, 1.54) is 22.0 Å². The number of likely N-dealkylation sites (N-methyl/N-ethyl adjacent to an activating group) is 1. The number of rotatable bonds is 25. The molecule has 1 fully saturated rings. The molecule has 1 aliphatic rings. The summed E-state index contributed by atoms with van der Waals surface area (Å²) in [6.45, 7) is 54.1. The predicted octanol–water partition coefficient (Wildman–Crippen LogP) is 23.2. The minimum absolute atomic E-state index is 0. The van der Waals surface area contributed by atoms with Crippen molar-refractivity contribution in [1.82, 2.24) is 14.7 Å². The van der Waals surface area contributed by atoms with Crippen molar-refractivity contribution in [2.75, 3.05) is 30.2 Å². The summed E-state index contributed by atoms with van der Waals surface area (Å²) in [6, 6.07) is 21.7. The molecule has 1 aromatic heterocycles. The second kappa shape index (κ2) is 48.8. The first-order chi connectivity index (χ1) is 53.9. The zero-order valence-corrected chi connectivity index (χ0v) is 82.5. The first kappa shape index (κ1) is 108. The maximum atomic E-state index is 14.9. The first-order valence-electron chi connectivity index (χ1n) is 40.9. The van der Waals surface area contributed by atoms with Gasteiger partial charge in [-0.3, -0.25) is 23.4 Å². The number of nitrogens with two attached hydrogens (primary N) is 1. The van der Waals surface area contributed by atoms with E-state index in [4.69, 9.17) is 27.2 Å². The van der Waals surface area contributed by atoms with Crippen molar-refractivity contribution in [3.8, 4) is 0 Å². The van der Waals surface area contributed by atoms with Crippen molar-refractivity contribution in [3.63, 3.8) is 0 Å². The maximum Gasteiger partial charge on any atom is 1.00 e. The SMILES string of the molecule is CC(C)c1cc(Br)cc(C(C)C)c1F.CC(C)c1cc(Br)cc(C(C)C)c1N.CC(C)c1cc(CC(=O)Cl)cc(C(C)C)c1F.CC(C)c1cc(CC(=O)O)cc(C(C)C)c1F.CC(C)c1cc(CC(=O)OC(C)(C)C)cc(C(C)C)c1F.CC(C)c1cc(CC(=O)[N-]S(=O)(=O)N(C[C@@H]2CCCN2C)c2cnn(C)c2)cc(C(C)C)c1F.[Na+]. The van der Waals surface area contributed by atoms with E-state index >= 15 is 0 Å². The minimum Gasteiger partial charge on any atom is -0.528 e. The van der Waals surface area contributed by atoms with Crippen LogP contribution in [0.4, 0.5) is 33.3 Å². The molecule has 24 heteroatoms. The number of carbonyl (C=O) groups excluding carboxylic acids is 3. The smallest absolute Gasteiger partial charge is 0.528 e. The molecule has 0 radical (unpaired) electrons. The summed E-state index contributed by atoms with van der Waals surface area (Å²) < 4.78 is 112. The number of aryl methyl sites for hydroxylation is 1. The van der Waals surface area contributed by atoms with Gasteiger partial charge < -0.3 is 30.0 Å². The quantitative estimate of drug-likeness (QED) is 0.0182. The predicted molar refractivity (Wildman–Crippen MR) is 480 cm³/mol. The van der Waals surface area contributed by atoms with Crippen LogP contribution in [0.3, 0.4) is 0 Å². The second-order valence-corrected chi connectivity index (χ2v) is 39.1. The van der Waals surface area contributed by atoms with Gasteiger partial charge in [-0.15, -0.1) is 0 Å². The number of anilines is 2. The molecule has 2 heterocycles. The Labute approximate surface area is 748 Å². The van der Waals surface area contributed by atoms with Crippen LogP contribution in [0, 0.1) is 29.1 Å². The molecule has 1 atom stereocenters. The number of halogens is 8. The van der Waals surface area contributed by atoms with Crippen LogP contribution in [0.1, 0.15) is 360 Å². The topological polar surface area (TPSA) is 196 Å². The molecule has 0 spiro atoms. The first-order valence-corrected chi connectivity index (χ1v) is 44.2. The molecular weight excluding hydrogens is 1690 g/mol. The number of hydrogen-bond acceptors (Lipinski definition) is 10. The summed E-state index contributed by atoms with van der Waals surface area (Å²) in [5, 5.41) is 12.5. The largest absolute Gasteiger partial charge is 1.00 e. The number of carbonyl (C=O) groups is 4. The third kappa shape index (κ3) is 33.7. The summed E-state index contributed by atoms with van der Waals surface area (Å²) >= 11 is 12.3. The molecule has 650 valence electrons. The van der Waals surface area contributed by atoms with E-state index in [0.29, 0.717) is 73.2 Å². The Morgan fingerprint density at radius 3 is 1.04 bits per heavy atom. The van der Waals surface area contributed by atoms with E-state index in [2.05, 4.69) is 86.4 Å². The molecule has 118 heavy (non-hydrogen) atoms. The van der Waals surface area contributed by atoms with Crippen molar-refractivity contribution in [1.29, 1.82) is 0 Å². The zero-order chi connectivity index (χ0) is 89.7. The Morgan fingerprint density at radius 2 is 0.788 bits per heavy atom. The van der Waals surface area contributed by atoms with Crippen molar-refractivity contribution in [3.05, 3.63) is 217 Å². The fourth-order valence-corrected chi connectivity index (χ4v) is 15.6.